The summed E-state index contributed by atoms with van der Waals surface area (Å²) < 4.78 is 5.60. The average molecular weight is 335 g/mol. The lowest BCUT2D eigenvalue weighted by Crippen LogP contribution is -2.53. The van der Waals surface area contributed by atoms with Crippen LogP contribution in [0.1, 0.15) is 30.9 Å². The van der Waals surface area contributed by atoms with Crippen molar-refractivity contribution in [3.8, 4) is 6.07 Å². The van der Waals surface area contributed by atoms with E-state index in [4.69, 9.17) is 4.74 Å². The van der Waals surface area contributed by atoms with Crippen molar-refractivity contribution in [1.82, 2.24) is 9.88 Å². The lowest BCUT2D eigenvalue weighted by atomic mass is 9.74. The summed E-state index contributed by atoms with van der Waals surface area (Å²) >= 11 is 0. The molecule has 2 atom stereocenters. The molecule has 1 aromatic heterocycles. The van der Waals surface area contributed by atoms with Crippen LogP contribution in [0.3, 0.4) is 0 Å². The predicted molar refractivity (Wildman–Crippen MR) is 97.9 cm³/mol. The number of aromatic nitrogens is 1. The predicted octanol–water partition coefficient (Wildman–Crippen LogP) is 3.60. The fraction of sp³-hybridized carbons (Fsp3) is 0.429. The maximum atomic E-state index is 9.67. The van der Waals surface area contributed by atoms with Gasteiger partial charge in [0.1, 0.15) is 0 Å². The normalized spacial score (nSPS) is 18.9. The maximum absolute atomic E-state index is 9.67. The first-order valence-corrected chi connectivity index (χ1v) is 8.99. The van der Waals surface area contributed by atoms with E-state index in [1.54, 1.807) is 6.20 Å². The van der Waals surface area contributed by atoms with Gasteiger partial charge < -0.3 is 4.74 Å². The first-order chi connectivity index (χ1) is 12.3. The van der Waals surface area contributed by atoms with Gasteiger partial charge in [-0.15, -0.1) is 0 Å². The second-order valence-electron chi connectivity index (χ2n) is 6.51. The number of hydrogen-bond acceptors (Lipinski definition) is 4. The third-order valence-electron chi connectivity index (χ3n) is 5.16. The molecule has 0 aliphatic carbocycles. The Hall–Kier alpha value is -2.22. The lowest BCUT2D eigenvalue weighted by Gasteiger charge is -2.47. The van der Waals surface area contributed by atoms with Gasteiger partial charge in [-0.2, -0.15) is 5.26 Å². The molecule has 1 fully saturated rings. The SMILES string of the molecule is CCC(C#N)CC(c1ccccc1)(c1cccnc1)N1CCOCC1. The zero-order valence-corrected chi connectivity index (χ0v) is 14.8. The Kier molecular flexibility index (Phi) is 5.80. The number of morpholine rings is 1. The van der Waals surface area contributed by atoms with Gasteiger partial charge in [0.05, 0.1) is 24.8 Å². The molecule has 0 N–H and O–H groups in total. The molecule has 0 amide bonds. The van der Waals surface area contributed by atoms with E-state index >= 15 is 0 Å². The number of ether oxygens (including phenoxy) is 1. The van der Waals surface area contributed by atoms with Crippen LogP contribution in [-0.2, 0) is 10.3 Å². The van der Waals surface area contributed by atoms with Gasteiger partial charge in [0.2, 0.25) is 0 Å². The third kappa shape index (κ3) is 3.58. The minimum absolute atomic E-state index is 0.0109. The Bertz CT molecular complexity index is 651. The number of rotatable bonds is 6. The molecule has 4 nitrogen and oxygen atoms in total. The van der Waals surface area contributed by atoms with Gasteiger partial charge in [0.25, 0.3) is 0 Å². The molecule has 0 bridgehead atoms. The standard InChI is InChI=1S/C21H25N3O/c1-2-18(16-22)15-21(19-7-4-3-5-8-19,20-9-6-10-23-17-20)24-11-13-25-14-12-24/h3-10,17-18H,2,11-15H2,1H3. The Morgan fingerprint density at radius 2 is 1.88 bits per heavy atom. The van der Waals surface area contributed by atoms with Crippen molar-refractivity contribution in [3.63, 3.8) is 0 Å². The van der Waals surface area contributed by atoms with Crippen molar-refractivity contribution < 1.29 is 4.74 Å². The van der Waals surface area contributed by atoms with Crippen molar-refractivity contribution in [1.29, 1.82) is 5.26 Å². The largest absolute Gasteiger partial charge is 0.379 e. The second-order valence-corrected chi connectivity index (χ2v) is 6.51. The van der Waals surface area contributed by atoms with E-state index in [0.29, 0.717) is 0 Å². The monoisotopic (exact) mass is 335 g/mol. The molecule has 1 aromatic carbocycles. The molecule has 0 saturated carbocycles. The van der Waals surface area contributed by atoms with E-state index in [0.717, 1.165) is 44.7 Å². The zero-order valence-electron chi connectivity index (χ0n) is 14.8. The van der Waals surface area contributed by atoms with Gasteiger partial charge in [-0.05, 0) is 30.0 Å². The maximum Gasteiger partial charge on any atom is 0.0744 e. The van der Waals surface area contributed by atoms with Crippen LogP contribution in [0.15, 0.2) is 54.9 Å². The van der Waals surface area contributed by atoms with Crippen LogP contribution in [0.5, 0.6) is 0 Å². The number of hydrogen-bond donors (Lipinski definition) is 0. The van der Waals surface area contributed by atoms with Crippen LogP contribution < -0.4 is 0 Å². The molecule has 3 rings (SSSR count). The molecule has 1 aliphatic rings. The summed E-state index contributed by atoms with van der Waals surface area (Å²) in [4.78, 5) is 6.86. The minimum atomic E-state index is -0.351. The highest BCUT2D eigenvalue weighted by Gasteiger charge is 2.42. The molecule has 25 heavy (non-hydrogen) atoms. The quantitative estimate of drug-likeness (QED) is 0.809. The van der Waals surface area contributed by atoms with E-state index in [2.05, 4.69) is 53.2 Å². The third-order valence-corrected chi connectivity index (χ3v) is 5.16. The first-order valence-electron chi connectivity index (χ1n) is 8.99. The zero-order chi connectivity index (χ0) is 17.5. The fourth-order valence-corrected chi connectivity index (χ4v) is 3.80. The number of benzene rings is 1. The molecule has 130 valence electrons. The number of nitriles is 1. The van der Waals surface area contributed by atoms with Crippen molar-refractivity contribution in [2.75, 3.05) is 26.3 Å². The van der Waals surface area contributed by atoms with Crippen LogP contribution in [0.2, 0.25) is 0 Å². The van der Waals surface area contributed by atoms with Crippen LogP contribution in [-0.4, -0.2) is 36.2 Å². The molecule has 1 aliphatic heterocycles. The Labute approximate surface area is 150 Å². The molecule has 1 saturated heterocycles. The summed E-state index contributed by atoms with van der Waals surface area (Å²) in [6.45, 7) is 5.24. The van der Waals surface area contributed by atoms with Crippen molar-refractivity contribution >= 4 is 0 Å². The van der Waals surface area contributed by atoms with Gasteiger partial charge in [-0.1, -0.05) is 43.3 Å². The first kappa shape index (κ1) is 17.6. The molecular formula is C21H25N3O. The highest BCUT2D eigenvalue weighted by molar-refractivity contribution is 5.38. The number of nitrogens with zero attached hydrogens (tertiary/aromatic N) is 3. The van der Waals surface area contributed by atoms with Crippen molar-refractivity contribution in [3.05, 3.63) is 66.0 Å². The summed E-state index contributed by atoms with van der Waals surface area (Å²) in [6, 6.07) is 17.2. The summed E-state index contributed by atoms with van der Waals surface area (Å²) in [6.07, 6.45) is 5.36. The molecule has 2 aromatic rings. The average Bonchev–Trinajstić information content (AvgIpc) is 2.71. The summed E-state index contributed by atoms with van der Waals surface area (Å²) in [5.41, 5.74) is 2.02. The molecule has 0 spiro atoms. The molecule has 4 heteroatoms. The van der Waals surface area contributed by atoms with Gasteiger partial charge in [0.15, 0.2) is 0 Å². The molecule has 2 unspecified atom stereocenters. The van der Waals surface area contributed by atoms with Crippen LogP contribution in [0.4, 0.5) is 0 Å². The van der Waals surface area contributed by atoms with Gasteiger partial charge in [-0.3, -0.25) is 9.88 Å². The lowest BCUT2D eigenvalue weighted by molar-refractivity contribution is -0.0168. The van der Waals surface area contributed by atoms with Crippen molar-refractivity contribution in [2.24, 2.45) is 5.92 Å². The van der Waals surface area contributed by atoms with Gasteiger partial charge >= 0.3 is 0 Å². The highest BCUT2D eigenvalue weighted by Crippen LogP contribution is 2.42. The summed E-state index contributed by atoms with van der Waals surface area (Å²) in [5.74, 6) is -0.0109. The van der Waals surface area contributed by atoms with E-state index in [1.807, 2.05) is 18.3 Å². The van der Waals surface area contributed by atoms with Gasteiger partial charge in [0, 0.05) is 31.4 Å². The minimum Gasteiger partial charge on any atom is -0.379 e. The molecular weight excluding hydrogens is 310 g/mol. The Balaban J connectivity index is 2.17. The van der Waals surface area contributed by atoms with E-state index in [9.17, 15) is 5.26 Å². The van der Waals surface area contributed by atoms with Crippen molar-refractivity contribution in [2.45, 2.75) is 25.3 Å². The highest BCUT2D eigenvalue weighted by atomic mass is 16.5. The smallest absolute Gasteiger partial charge is 0.0744 e. The van der Waals surface area contributed by atoms with E-state index < -0.39 is 0 Å². The molecule has 0 radical (unpaired) electrons. The van der Waals surface area contributed by atoms with Crippen LogP contribution in [0.25, 0.3) is 0 Å². The summed E-state index contributed by atoms with van der Waals surface area (Å²) in [7, 11) is 0. The van der Waals surface area contributed by atoms with Gasteiger partial charge in [-0.25, -0.2) is 0 Å². The number of pyridine rings is 1. The van der Waals surface area contributed by atoms with E-state index in [-0.39, 0.29) is 11.5 Å². The van der Waals surface area contributed by atoms with E-state index in [1.165, 1.54) is 5.56 Å². The molecule has 2 heterocycles. The summed E-state index contributed by atoms with van der Waals surface area (Å²) in [5, 5.41) is 9.67. The topological polar surface area (TPSA) is 49.2 Å². The Morgan fingerprint density at radius 3 is 2.48 bits per heavy atom. The van der Waals surface area contributed by atoms with Crippen LogP contribution >= 0.6 is 0 Å². The van der Waals surface area contributed by atoms with Crippen LogP contribution in [0, 0.1) is 17.2 Å². The fourth-order valence-electron chi connectivity index (χ4n) is 3.80. The second kappa shape index (κ2) is 8.24. The Morgan fingerprint density at radius 1 is 1.16 bits per heavy atom.